The molecular weight excluding hydrogens is 424 g/mol. The number of aryl methyl sites for hydroxylation is 1. The van der Waals surface area contributed by atoms with Crippen LogP contribution in [-0.2, 0) is 26.0 Å². The summed E-state index contributed by atoms with van der Waals surface area (Å²) >= 11 is 0. The zero-order valence-corrected chi connectivity index (χ0v) is 18.9. The number of carbonyl (C=O) groups is 2. The lowest BCUT2D eigenvalue weighted by molar-refractivity contribution is -0.116. The van der Waals surface area contributed by atoms with E-state index in [2.05, 4.69) is 5.32 Å². The van der Waals surface area contributed by atoms with Crippen LogP contribution < -0.4 is 14.8 Å². The quantitative estimate of drug-likeness (QED) is 0.584. The van der Waals surface area contributed by atoms with E-state index >= 15 is 0 Å². The molecule has 1 N–H and O–H groups in total. The van der Waals surface area contributed by atoms with E-state index in [0.29, 0.717) is 22.7 Å². The molecule has 0 spiro atoms. The first kappa shape index (κ1) is 24.2. The Morgan fingerprint density at radius 1 is 0.968 bits per heavy atom. The van der Waals surface area contributed by atoms with Gasteiger partial charge >= 0.3 is 5.97 Å². The van der Waals surface area contributed by atoms with Crippen molar-refractivity contribution in [2.45, 2.75) is 17.7 Å². The summed E-state index contributed by atoms with van der Waals surface area (Å²) in [5.74, 6) is -0.0153. The Labute approximate surface area is 182 Å². The van der Waals surface area contributed by atoms with Crippen molar-refractivity contribution in [1.82, 2.24) is 4.31 Å². The summed E-state index contributed by atoms with van der Waals surface area (Å²) < 4.78 is 41.1. The molecule has 0 saturated heterocycles. The molecule has 2 aromatic rings. The summed E-state index contributed by atoms with van der Waals surface area (Å²) in [5.41, 5.74) is 1.17. The van der Waals surface area contributed by atoms with E-state index in [1.54, 1.807) is 12.1 Å². The van der Waals surface area contributed by atoms with Gasteiger partial charge in [-0.1, -0.05) is 0 Å². The predicted molar refractivity (Wildman–Crippen MR) is 115 cm³/mol. The van der Waals surface area contributed by atoms with Gasteiger partial charge in [-0.15, -0.1) is 0 Å². The first-order valence-electron chi connectivity index (χ1n) is 9.29. The lowest BCUT2D eigenvalue weighted by Gasteiger charge is -2.15. The van der Waals surface area contributed by atoms with E-state index in [4.69, 9.17) is 14.2 Å². The number of anilines is 1. The van der Waals surface area contributed by atoms with Gasteiger partial charge in [-0.05, 0) is 48.4 Å². The second-order valence-corrected chi connectivity index (χ2v) is 8.87. The van der Waals surface area contributed by atoms with Crippen LogP contribution >= 0.6 is 0 Å². The van der Waals surface area contributed by atoms with E-state index in [9.17, 15) is 18.0 Å². The molecule has 10 heteroatoms. The zero-order valence-electron chi connectivity index (χ0n) is 18.1. The number of nitrogens with zero attached hydrogens (tertiary/aromatic N) is 1. The van der Waals surface area contributed by atoms with Gasteiger partial charge < -0.3 is 19.5 Å². The van der Waals surface area contributed by atoms with Crippen molar-refractivity contribution >= 4 is 27.6 Å². The highest BCUT2D eigenvalue weighted by Gasteiger charge is 2.20. The van der Waals surface area contributed by atoms with Crippen molar-refractivity contribution in [2.75, 3.05) is 40.7 Å². The van der Waals surface area contributed by atoms with Gasteiger partial charge in [-0.2, -0.15) is 0 Å². The molecule has 0 unspecified atom stereocenters. The van der Waals surface area contributed by atoms with Crippen molar-refractivity contribution in [3.05, 3.63) is 47.5 Å². The van der Waals surface area contributed by atoms with E-state index in [0.717, 1.165) is 4.31 Å². The number of hydrogen-bond acceptors (Lipinski definition) is 7. The molecule has 0 aliphatic rings. The molecule has 31 heavy (non-hydrogen) atoms. The molecule has 0 radical (unpaired) electrons. The zero-order chi connectivity index (χ0) is 23.2. The van der Waals surface area contributed by atoms with Crippen molar-refractivity contribution in [3.8, 4) is 11.5 Å². The van der Waals surface area contributed by atoms with Gasteiger partial charge in [0.05, 0.1) is 37.5 Å². The molecule has 0 aliphatic carbocycles. The van der Waals surface area contributed by atoms with Crippen LogP contribution in [-0.4, -0.2) is 60.0 Å². The molecule has 168 valence electrons. The number of amides is 1. The first-order chi connectivity index (χ1) is 14.6. The average molecular weight is 451 g/mol. The Morgan fingerprint density at radius 3 is 2.19 bits per heavy atom. The minimum atomic E-state index is -3.62. The third-order valence-electron chi connectivity index (χ3n) is 4.55. The molecule has 0 atom stereocenters. The minimum absolute atomic E-state index is 0.0490. The number of rotatable bonds is 9. The monoisotopic (exact) mass is 450 g/mol. The van der Waals surface area contributed by atoms with Crippen LogP contribution in [0.1, 0.15) is 22.3 Å². The Kier molecular flexibility index (Phi) is 8.01. The topological polar surface area (TPSA) is 111 Å². The number of sulfonamides is 1. The van der Waals surface area contributed by atoms with Crippen molar-refractivity contribution in [1.29, 1.82) is 0 Å². The fourth-order valence-electron chi connectivity index (χ4n) is 2.83. The number of hydrogen-bond donors (Lipinski definition) is 1. The van der Waals surface area contributed by atoms with Gasteiger partial charge in [-0.25, -0.2) is 17.5 Å². The average Bonchev–Trinajstić information content (AvgIpc) is 2.76. The Bertz CT molecular complexity index is 1070. The SMILES string of the molecule is COC(=O)c1ccc(OC)c(NC(=O)CCc2cc(S(=O)(=O)N(C)C)ccc2OC)c1. The van der Waals surface area contributed by atoms with E-state index in [-0.39, 0.29) is 29.2 Å². The Hall–Kier alpha value is -3.11. The largest absolute Gasteiger partial charge is 0.496 e. The highest BCUT2D eigenvalue weighted by atomic mass is 32.2. The van der Waals surface area contributed by atoms with Gasteiger partial charge in [0.1, 0.15) is 11.5 Å². The summed E-state index contributed by atoms with van der Waals surface area (Å²) in [6.07, 6.45) is 0.290. The molecule has 0 aliphatic heterocycles. The van der Waals surface area contributed by atoms with Gasteiger partial charge in [0, 0.05) is 20.5 Å². The summed E-state index contributed by atoms with van der Waals surface area (Å²) in [4.78, 5) is 24.4. The molecule has 0 fully saturated rings. The predicted octanol–water partition coefficient (Wildman–Crippen LogP) is 2.31. The standard InChI is InChI=1S/C21H26N2O7S/c1-23(2)31(26,27)16-8-10-18(28-3)14(12-16)7-11-20(24)22-17-13-15(21(25)30-5)6-9-19(17)29-4/h6,8-10,12-13H,7,11H2,1-5H3,(H,22,24). The van der Waals surface area contributed by atoms with E-state index in [1.807, 2.05) is 0 Å². The minimum Gasteiger partial charge on any atom is -0.496 e. The number of esters is 1. The number of ether oxygens (including phenoxy) is 3. The Balaban J connectivity index is 2.20. The third-order valence-corrected chi connectivity index (χ3v) is 6.36. The fourth-order valence-corrected chi connectivity index (χ4v) is 3.79. The summed E-state index contributed by atoms with van der Waals surface area (Å²) in [6, 6.07) is 9.07. The number of methoxy groups -OCH3 is 3. The lowest BCUT2D eigenvalue weighted by Crippen LogP contribution is -2.22. The molecule has 2 rings (SSSR count). The van der Waals surface area contributed by atoms with Crippen LogP contribution in [0.3, 0.4) is 0 Å². The summed E-state index contributed by atoms with van der Waals surface area (Å²) in [5, 5.41) is 2.71. The summed E-state index contributed by atoms with van der Waals surface area (Å²) in [7, 11) is 3.46. The second-order valence-electron chi connectivity index (χ2n) is 6.72. The van der Waals surface area contributed by atoms with E-state index < -0.39 is 16.0 Å². The highest BCUT2D eigenvalue weighted by Crippen LogP contribution is 2.27. The fraction of sp³-hybridized carbons (Fsp3) is 0.333. The molecular formula is C21H26N2O7S. The molecule has 2 aromatic carbocycles. The maximum absolute atomic E-state index is 12.5. The normalized spacial score (nSPS) is 11.2. The van der Waals surface area contributed by atoms with Crippen LogP contribution in [0.25, 0.3) is 0 Å². The summed E-state index contributed by atoms with van der Waals surface area (Å²) in [6.45, 7) is 0. The van der Waals surface area contributed by atoms with Crippen molar-refractivity contribution in [2.24, 2.45) is 0 Å². The lowest BCUT2D eigenvalue weighted by atomic mass is 10.1. The second kappa shape index (κ2) is 10.3. The number of carbonyl (C=O) groups excluding carboxylic acids is 2. The van der Waals surface area contributed by atoms with Gasteiger partial charge in [-0.3, -0.25) is 4.79 Å². The molecule has 0 aromatic heterocycles. The van der Waals surface area contributed by atoms with Crippen molar-refractivity contribution in [3.63, 3.8) is 0 Å². The molecule has 1 amide bonds. The van der Waals surface area contributed by atoms with E-state index in [1.165, 1.54) is 59.7 Å². The van der Waals surface area contributed by atoms with Crippen LogP contribution in [0.5, 0.6) is 11.5 Å². The van der Waals surface area contributed by atoms with Crippen LogP contribution in [0.15, 0.2) is 41.3 Å². The molecule has 0 saturated carbocycles. The maximum Gasteiger partial charge on any atom is 0.337 e. The van der Waals surface area contributed by atoms with Crippen molar-refractivity contribution < 1.29 is 32.2 Å². The van der Waals surface area contributed by atoms with Gasteiger partial charge in [0.2, 0.25) is 15.9 Å². The molecule has 0 bridgehead atoms. The van der Waals surface area contributed by atoms with Crippen LogP contribution in [0.4, 0.5) is 5.69 Å². The smallest absolute Gasteiger partial charge is 0.337 e. The molecule has 9 nitrogen and oxygen atoms in total. The third kappa shape index (κ3) is 5.74. The highest BCUT2D eigenvalue weighted by molar-refractivity contribution is 7.89. The van der Waals surface area contributed by atoms with Crippen LogP contribution in [0, 0.1) is 0 Å². The maximum atomic E-state index is 12.5. The Morgan fingerprint density at radius 2 is 1.61 bits per heavy atom. The van der Waals surface area contributed by atoms with Gasteiger partial charge in [0.15, 0.2) is 0 Å². The number of nitrogens with one attached hydrogen (secondary N) is 1. The van der Waals surface area contributed by atoms with Crippen LogP contribution in [0.2, 0.25) is 0 Å². The number of benzene rings is 2. The van der Waals surface area contributed by atoms with Gasteiger partial charge in [0.25, 0.3) is 0 Å². The molecule has 0 heterocycles. The first-order valence-corrected chi connectivity index (χ1v) is 10.7.